The highest BCUT2D eigenvalue weighted by molar-refractivity contribution is 6.35. The maximum absolute atomic E-state index is 12.0. The van der Waals surface area contributed by atoms with E-state index in [9.17, 15) is 9.59 Å². The van der Waals surface area contributed by atoms with Crippen LogP contribution in [-0.4, -0.2) is 30.6 Å². The molecule has 1 aromatic rings. The average molecular weight is 362 g/mol. The third kappa shape index (κ3) is 6.67. The van der Waals surface area contributed by atoms with Crippen LogP contribution in [0.15, 0.2) is 18.2 Å². The summed E-state index contributed by atoms with van der Waals surface area (Å²) in [5.74, 6) is -0.361. The van der Waals surface area contributed by atoms with Gasteiger partial charge in [-0.05, 0) is 38.0 Å². The van der Waals surface area contributed by atoms with Crippen molar-refractivity contribution in [3.63, 3.8) is 0 Å². The van der Waals surface area contributed by atoms with E-state index in [1.165, 1.54) is 19.9 Å². The van der Waals surface area contributed by atoms with Gasteiger partial charge >= 0.3 is 5.97 Å². The molecular weight excluding hydrogens is 341 g/mol. The average Bonchev–Trinajstić information content (AvgIpc) is 2.47. The van der Waals surface area contributed by atoms with Crippen LogP contribution in [0.3, 0.4) is 0 Å². The largest absolute Gasteiger partial charge is 0.477 e. The molecule has 2 atom stereocenters. The standard InChI is InChI=1S/C16H21Cl2NO4/c1-9(2)8-19-15(20)10(3)23-16(21)11(4)22-14-6-5-12(17)7-13(14)18/h5-7,9-11H,8H2,1-4H3,(H,19,20). The number of hydrogen-bond donors (Lipinski definition) is 1. The lowest BCUT2D eigenvalue weighted by Crippen LogP contribution is -2.40. The Labute approximate surface area is 146 Å². The number of rotatable bonds is 7. The lowest BCUT2D eigenvalue weighted by atomic mass is 10.2. The monoisotopic (exact) mass is 361 g/mol. The molecule has 7 heteroatoms. The molecule has 0 aromatic heterocycles. The van der Waals surface area contributed by atoms with Crippen molar-refractivity contribution in [2.45, 2.75) is 39.9 Å². The zero-order valence-electron chi connectivity index (χ0n) is 13.6. The summed E-state index contributed by atoms with van der Waals surface area (Å²) in [6.45, 7) is 7.50. The number of amides is 1. The number of benzene rings is 1. The molecule has 0 saturated carbocycles. The topological polar surface area (TPSA) is 64.6 Å². The third-order valence-electron chi connectivity index (χ3n) is 2.88. The second kappa shape index (κ2) is 8.99. The van der Waals surface area contributed by atoms with Gasteiger partial charge in [-0.1, -0.05) is 37.0 Å². The quantitative estimate of drug-likeness (QED) is 0.755. The van der Waals surface area contributed by atoms with Crippen molar-refractivity contribution in [2.24, 2.45) is 5.92 Å². The van der Waals surface area contributed by atoms with Gasteiger partial charge in [-0.3, -0.25) is 4.79 Å². The summed E-state index contributed by atoms with van der Waals surface area (Å²) < 4.78 is 10.5. The Bertz CT molecular complexity index is 563. The van der Waals surface area contributed by atoms with Gasteiger partial charge in [0, 0.05) is 11.6 Å². The number of halogens is 2. The summed E-state index contributed by atoms with van der Waals surface area (Å²) in [5, 5.41) is 3.46. The fourth-order valence-corrected chi connectivity index (χ4v) is 2.03. The van der Waals surface area contributed by atoms with E-state index in [0.717, 1.165) is 0 Å². The molecule has 1 amide bonds. The minimum atomic E-state index is -0.908. The summed E-state index contributed by atoms with van der Waals surface area (Å²) in [4.78, 5) is 23.8. The predicted molar refractivity (Wildman–Crippen MR) is 90.0 cm³/mol. The summed E-state index contributed by atoms with van der Waals surface area (Å²) in [5.41, 5.74) is 0. The highest BCUT2D eigenvalue weighted by atomic mass is 35.5. The molecule has 2 unspecified atom stereocenters. The molecule has 0 aliphatic carbocycles. The van der Waals surface area contributed by atoms with Crippen LogP contribution in [0.2, 0.25) is 10.0 Å². The van der Waals surface area contributed by atoms with E-state index in [1.807, 2.05) is 13.8 Å². The summed E-state index contributed by atoms with van der Waals surface area (Å²) in [6.07, 6.45) is -1.80. The maximum atomic E-state index is 12.0. The predicted octanol–water partition coefficient (Wildman–Crippen LogP) is 3.46. The summed E-state index contributed by atoms with van der Waals surface area (Å²) >= 11 is 11.8. The number of carbonyl (C=O) groups excluding carboxylic acids is 2. The van der Waals surface area contributed by atoms with Crippen LogP contribution in [0.4, 0.5) is 0 Å². The lowest BCUT2D eigenvalue weighted by molar-refractivity contribution is -0.160. The lowest BCUT2D eigenvalue weighted by Gasteiger charge is -2.18. The minimum Gasteiger partial charge on any atom is -0.477 e. The molecule has 0 heterocycles. The van der Waals surface area contributed by atoms with Crippen LogP contribution < -0.4 is 10.1 Å². The highest BCUT2D eigenvalue weighted by Gasteiger charge is 2.23. The molecule has 1 N–H and O–H groups in total. The minimum absolute atomic E-state index is 0.292. The summed E-state index contributed by atoms with van der Waals surface area (Å²) in [6, 6.07) is 4.68. The van der Waals surface area contributed by atoms with Crippen molar-refractivity contribution >= 4 is 35.1 Å². The van der Waals surface area contributed by atoms with E-state index in [4.69, 9.17) is 32.7 Å². The third-order valence-corrected chi connectivity index (χ3v) is 3.41. The van der Waals surface area contributed by atoms with Crippen LogP contribution >= 0.6 is 23.2 Å². The SMILES string of the molecule is CC(C)CNC(=O)C(C)OC(=O)C(C)Oc1ccc(Cl)cc1Cl. The Morgan fingerprint density at radius 1 is 1.13 bits per heavy atom. The number of ether oxygens (including phenoxy) is 2. The molecule has 0 radical (unpaired) electrons. The first-order chi connectivity index (χ1) is 10.7. The van der Waals surface area contributed by atoms with E-state index in [-0.39, 0.29) is 5.91 Å². The molecule has 1 rings (SSSR count). The molecule has 0 saturated heterocycles. The van der Waals surface area contributed by atoms with Gasteiger partial charge in [0.1, 0.15) is 5.75 Å². The Hall–Kier alpha value is -1.46. The van der Waals surface area contributed by atoms with Gasteiger partial charge in [0.2, 0.25) is 0 Å². The van der Waals surface area contributed by atoms with Gasteiger partial charge < -0.3 is 14.8 Å². The molecule has 128 valence electrons. The van der Waals surface area contributed by atoms with E-state index >= 15 is 0 Å². The van der Waals surface area contributed by atoms with Crippen LogP contribution in [-0.2, 0) is 14.3 Å². The van der Waals surface area contributed by atoms with Gasteiger partial charge in [-0.25, -0.2) is 4.79 Å². The highest BCUT2D eigenvalue weighted by Crippen LogP contribution is 2.28. The number of nitrogens with one attached hydrogen (secondary N) is 1. The first-order valence-electron chi connectivity index (χ1n) is 7.30. The van der Waals surface area contributed by atoms with Gasteiger partial charge in [-0.2, -0.15) is 0 Å². The Morgan fingerprint density at radius 3 is 2.35 bits per heavy atom. The second-order valence-electron chi connectivity index (χ2n) is 5.55. The molecule has 1 aromatic carbocycles. The molecule has 5 nitrogen and oxygen atoms in total. The van der Waals surface area contributed by atoms with Crippen molar-refractivity contribution in [3.05, 3.63) is 28.2 Å². The Balaban J connectivity index is 2.54. The molecular formula is C16H21Cl2NO4. The van der Waals surface area contributed by atoms with Crippen LogP contribution in [0.5, 0.6) is 5.75 Å². The van der Waals surface area contributed by atoms with E-state index in [2.05, 4.69) is 5.32 Å². The van der Waals surface area contributed by atoms with Crippen molar-refractivity contribution in [1.29, 1.82) is 0 Å². The first kappa shape index (κ1) is 19.6. The maximum Gasteiger partial charge on any atom is 0.347 e. The summed E-state index contributed by atoms with van der Waals surface area (Å²) in [7, 11) is 0. The molecule has 23 heavy (non-hydrogen) atoms. The van der Waals surface area contributed by atoms with Crippen LogP contribution in [0.1, 0.15) is 27.7 Å². The van der Waals surface area contributed by atoms with Crippen molar-refractivity contribution < 1.29 is 19.1 Å². The van der Waals surface area contributed by atoms with Crippen molar-refractivity contribution in [1.82, 2.24) is 5.32 Å². The normalized spacial score (nSPS) is 13.3. The van der Waals surface area contributed by atoms with Crippen LogP contribution in [0, 0.1) is 5.92 Å². The van der Waals surface area contributed by atoms with Crippen molar-refractivity contribution in [2.75, 3.05) is 6.54 Å². The van der Waals surface area contributed by atoms with Gasteiger partial charge in [0.05, 0.1) is 5.02 Å². The first-order valence-corrected chi connectivity index (χ1v) is 8.06. The van der Waals surface area contributed by atoms with Gasteiger partial charge in [-0.15, -0.1) is 0 Å². The molecule has 0 fully saturated rings. The zero-order valence-corrected chi connectivity index (χ0v) is 15.1. The fourth-order valence-electron chi connectivity index (χ4n) is 1.58. The molecule has 0 spiro atoms. The van der Waals surface area contributed by atoms with Gasteiger partial charge in [0.15, 0.2) is 12.2 Å². The smallest absolute Gasteiger partial charge is 0.347 e. The number of carbonyl (C=O) groups is 2. The van der Waals surface area contributed by atoms with E-state index in [0.29, 0.717) is 28.3 Å². The van der Waals surface area contributed by atoms with Crippen LogP contribution in [0.25, 0.3) is 0 Å². The zero-order chi connectivity index (χ0) is 17.6. The van der Waals surface area contributed by atoms with Gasteiger partial charge in [0.25, 0.3) is 5.91 Å². The molecule has 0 aliphatic rings. The molecule has 0 aliphatic heterocycles. The molecule has 0 bridgehead atoms. The van der Waals surface area contributed by atoms with E-state index in [1.54, 1.807) is 12.1 Å². The fraction of sp³-hybridized carbons (Fsp3) is 0.500. The second-order valence-corrected chi connectivity index (χ2v) is 6.40. The Morgan fingerprint density at radius 2 is 1.78 bits per heavy atom. The van der Waals surface area contributed by atoms with E-state index < -0.39 is 18.2 Å². The number of hydrogen-bond acceptors (Lipinski definition) is 4. The number of esters is 1. The Kier molecular flexibility index (Phi) is 7.65. The van der Waals surface area contributed by atoms with Crippen molar-refractivity contribution in [3.8, 4) is 5.75 Å².